The summed E-state index contributed by atoms with van der Waals surface area (Å²) in [5, 5.41) is 0. The fourth-order valence-corrected chi connectivity index (χ4v) is 5.26. The van der Waals surface area contributed by atoms with Gasteiger partial charge in [-0.05, 0) is 52.1 Å². The van der Waals surface area contributed by atoms with Gasteiger partial charge >= 0.3 is 0 Å². The van der Waals surface area contributed by atoms with Crippen molar-refractivity contribution in [1.82, 2.24) is 0 Å². The zero-order valence-electron chi connectivity index (χ0n) is 17.7. The van der Waals surface area contributed by atoms with Crippen molar-refractivity contribution in [3.05, 3.63) is 156 Å². The van der Waals surface area contributed by atoms with Crippen molar-refractivity contribution >= 4 is 11.4 Å². The minimum Gasteiger partial charge on any atom is -0.323 e. The molecule has 0 saturated heterocycles. The van der Waals surface area contributed by atoms with E-state index in [2.05, 4.69) is 144 Å². The number of fused-ring (bicyclic) bond motifs is 3. The molecular weight excluding hydrogens is 386 g/mol. The van der Waals surface area contributed by atoms with Crippen LogP contribution >= 0.6 is 0 Å². The molecule has 152 valence electrons. The van der Waals surface area contributed by atoms with E-state index in [0.29, 0.717) is 0 Å². The summed E-state index contributed by atoms with van der Waals surface area (Å²) in [7, 11) is 0. The van der Waals surface area contributed by atoms with Gasteiger partial charge in [-0.25, -0.2) is 0 Å². The summed E-state index contributed by atoms with van der Waals surface area (Å²) >= 11 is 0. The normalized spacial score (nSPS) is 13.2. The summed E-state index contributed by atoms with van der Waals surface area (Å²) in [5.41, 5.74) is 8.29. The lowest BCUT2D eigenvalue weighted by Crippen LogP contribution is -2.44. The van der Waals surface area contributed by atoms with E-state index in [0.717, 1.165) is 11.4 Å². The molecule has 1 heteroatoms. The van der Waals surface area contributed by atoms with Crippen LogP contribution < -0.4 is 4.90 Å². The van der Waals surface area contributed by atoms with Crippen molar-refractivity contribution < 1.29 is 0 Å². The molecule has 5 aromatic carbocycles. The number of anilines is 2. The third-order valence-corrected chi connectivity index (χ3v) is 6.48. The molecule has 5 aromatic rings. The van der Waals surface area contributed by atoms with Crippen molar-refractivity contribution in [3.63, 3.8) is 0 Å². The summed E-state index contributed by atoms with van der Waals surface area (Å²) in [6.07, 6.45) is 0. The first-order chi connectivity index (χ1) is 15.9. The Hall–Kier alpha value is -4.10. The molecule has 0 atom stereocenters. The number of para-hydroxylation sites is 2. The third kappa shape index (κ3) is 2.65. The van der Waals surface area contributed by atoms with E-state index in [-0.39, 0.29) is 0 Å². The second kappa shape index (κ2) is 7.55. The molecule has 0 bridgehead atoms. The first-order valence-corrected chi connectivity index (χ1v) is 11.1. The van der Waals surface area contributed by atoms with Crippen LogP contribution in [-0.4, -0.2) is 0 Å². The lowest BCUT2D eigenvalue weighted by Gasteiger charge is -2.45. The largest absolute Gasteiger partial charge is 0.323 e. The number of hydrogen-bond donors (Lipinski definition) is 0. The highest BCUT2D eigenvalue weighted by molar-refractivity contribution is 5.88. The third-order valence-electron chi connectivity index (χ3n) is 6.48. The zero-order chi connectivity index (χ0) is 21.4. The molecule has 1 nitrogen and oxygen atoms in total. The summed E-state index contributed by atoms with van der Waals surface area (Å²) in [6.45, 7) is 0. The van der Waals surface area contributed by atoms with Gasteiger partial charge in [-0.1, -0.05) is 115 Å². The minimum absolute atomic E-state index is 0.489. The first kappa shape index (κ1) is 18.7. The molecule has 0 radical (unpaired) electrons. The monoisotopic (exact) mass is 409 g/mol. The number of rotatable bonds is 4. The average molecular weight is 410 g/mol. The van der Waals surface area contributed by atoms with Crippen LogP contribution in [0.2, 0.25) is 0 Å². The topological polar surface area (TPSA) is 3.24 Å². The molecule has 32 heavy (non-hydrogen) atoms. The van der Waals surface area contributed by atoms with E-state index in [1.807, 2.05) is 0 Å². The fourth-order valence-electron chi connectivity index (χ4n) is 5.26. The maximum absolute atomic E-state index is 2.51. The van der Waals surface area contributed by atoms with E-state index in [1.54, 1.807) is 0 Å². The van der Waals surface area contributed by atoms with Gasteiger partial charge in [0.2, 0.25) is 0 Å². The summed E-state index contributed by atoms with van der Waals surface area (Å²) in [4.78, 5) is 2.51. The van der Waals surface area contributed by atoms with Gasteiger partial charge in [-0.2, -0.15) is 0 Å². The van der Waals surface area contributed by atoms with E-state index in [9.17, 15) is 0 Å². The summed E-state index contributed by atoms with van der Waals surface area (Å²) in [6, 6.07) is 50.1. The van der Waals surface area contributed by atoms with Gasteiger partial charge in [0, 0.05) is 11.4 Å². The summed E-state index contributed by atoms with van der Waals surface area (Å²) in [5.74, 6) is 0. The lowest BCUT2D eigenvalue weighted by molar-refractivity contribution is 0.644. The predicted octanol–water partition coefficient (Wildman–Crippen LogP) is 7.80. The highest BCUT2D eigenvalue weighted by atomic mass is 15.2. The Morgan fingerprint density at radius 1 is 0.375 bits per heavy atom. The van der Waals surface area contributed by atoms with Gasteiger partial charge in [0.05, 0.1) is 0 Å². The average Bonchev–Trinajstić information content (AvgIpc) is 3.18. The second-order valence-corrected chi connectivity index (χ2v) is 8.17. The molecule has 0 N–H and O–H groups in total. The van der Waals surface area contributed by atoms with E-state index in [1.165, 1.54) is 27.8 Å². The Morgan fingerprint density at radius 3 is 1.22 bits per heavy atom. The molecule has 0 heterocycles. The van der Waals surface area contributed by atoms with Gasteiger partial charge in [0.15, 0.2) is 0 Å². The smallest absolute Gasteiger partial charge is 0.122 e. The van der Waals surface area contributed by atoms with Gasteiger partial charge in [0.25, 0.3) is 0 Å². The van der Waals surface area contributed by atoms with Crippen LogP contribution in [0.4, 0.5) is 11.4 Å². The van der Waals surface area contributed by atoms with E-state index < -0.39 is 5.54 Å². The molecule has 0 amide bonds. The summed E-state index contributed by atoms with van der Waals surface area (Å²) < 4.78 is 0. The molecule has 1 aliphatic rings. The Balaban J connectivity index is 1.80. The molecule has 0 aliphatic heterocycles. The van der Waals surface area contributed by atoms with Crippen LogP contribution in [0.25, 0.3) is 11.1 Å². The molecule has 0 saturated carbocycles. The number of benzene rings is 5. The first-order valence-electron chi connectivity index (χ1n) is 11.1. The van der Waals surface area contributed by atoms with Crippen molar-refractivity contribution in [1.29, 1.82) is 0 Å². The van der Waals surface area contributed by atoms with Crippen LogP contribution in [0, 0.1) is 0 Å². The van der Waals surface area contributed by atoms with E-state index in [4.69, 9.17) is 0 Å². The molecule has 0 unspecified atom stereocenters. The Labute approximate surface area is 189 Å². The Morgan fingerprint density at radius 2 is 0.750 bits per heavy atom. The fraction of sp³-hybridized carbons (Fsp3) is 0.0323. The highest BCUT2D eigenvalue weighted by Gasteiger charge is 2.49. The maximum Gasteiger partial charge on any atom is 0.122 e. The van der Waals surface area contributed by atoms with Crippen LogP contribution in [0.3, 0.4) is 0 Å². The quantitative estimate of drug-likeness (QED) is 0.293. The van der Waals surface area contributed by atoms with Crippen molar-refractivity contribution in [2.24, 2.45) is 0 Å². The number of nitrogens with zero attached hydrogens (tertiary/aromatic N) is 1. The molecule has 0 spiro atoms. The molecule has 0 fully saturated rings. The molecule has 1 aliphatic carbocycles. The predicted molar refractivity (Wildman–Crippen MR) is 133 cm³/mol. The second-order valence-electron chi connectivity index (χ2n) is 8.17. The minimum atomic E-state index is -0.489. The van der Waals surface area contributed by atoms with Gasteiger partial charge in [0.1, 0.15) is 5.54 Å². The number of hydrogen-bond acceptors (Lipinski definition) is 1. The Kier molecular flexibility index (Phi) is 4.40. The SMILES string of the molecule is c1ccc(N(c2ccccc2)C2(c3ccccc3)c3ccccc3-c3ccccc32)cc1. The zero-order valence-corrected chi connectivity index (χ0v) is 17.7. The van der Waals surface area contributed by atoms with Crippen LogP contribution in [0.15, 0.2) is 140 Å². The Bertz CT molecular complexity index is 1270. The van der Waals surface area contributed by atoms with Crippen molar-refractivity contribution in [2.45, 2.75) is 5.54 Å². The highest BCUT2D eigenvalue weighted by Crippen LogP contribution is 2.57. The van der Waals surface area contributed by atoms with Crippen molar-refractivity contribution in [2.75, 3.05) is 4.90 Å². The van der Waals surface area contributed by atoms with E-state index >= 15 is 0 Å². The molecule has 0 aromatic heterocycles. The van der Waals surface area contributed by atoms with Crippen LogP contribution in [0.1, 0.15) is 16.7 Å². The van der Waals surface area contributed by atoms with Gasteiger partial charge < -0.3 is 4.90 Å². The standard InChI is InChI=1S/C31H23N/c1-4-14-24(15-5-1)31(29-22-12-10-20-27(29)28-21-11-13-23-30(28)31)32(25-16-6-2-7-17-25)26-18-8-3-9-19-26/h1-23H. The van der Waals surface area contributed by atoms with Crippen LogP contribution in [0.5, 0.6) is 0 Å². The van der Waals surface area contributed by atoms with Gasteiger partial charge in [-0.3, -0.25) is 0 Å². The molecule has 6 rings (SSSR count). The molecular formula is C31H23N. The lowest BCUT2D eigenvalue weighted by atomic mass is 9.78. The maximum atomic E-state index is 2.51. The van der Waals surface area contributed by atoms with Gasteiger partial charge in [-0.15, -0.1) is 0 Å². The van der Waals surface area contributed by atoms with Crippen LogP contribution in [-0.2, 0) is 5.54 Å². The van der Waals surface area contributed by atoms with Crippen molar-refractivity contribution in [3.8, 4) is 11.1 Å².